The van der Waals surface area contributed by atoms with E-state index in [4.69, 9.17) is 26.9 Å². The number of alkyl halides is 1. The van der Waals surface area contributed by atoms with E-state index < -0.39 is 0 Å². The topological polar surface area (TPSA) is 72.1 Å². The zero-order valence-electron chi connectivity index (χ0n) is 9.96. The van der Waals surface area contributed by atoms with E-state index >= 15 is 0 Å². The monoisotopic (exact) mass is 272 g/mol. The maximum atomic E-state index is 6.02. The van der Waals surface area contributed by atoms with Crippen molar-refractivity contribution in [3.05, 3.63) is 12.3 Å². The molecule has 18 heavy (non-hydrogen) atoms. The number of halogens is 1. The second-order valence-corrected chi connectivity index (χ2v) is 5.07. The van der Waals surface area contributed by atoms with Crippen LogP contribution in [0.2, 0.25) is 0 Å². The third kappa shape index (κ3) is 2.21. The summed E-state index contributed by atoms with van der Waals surface area (Å²) in [5.41, 5.74) is -0.370. The summed E-state index contributed by atoms with van der Waals surface area (Å²) >= 11 is 6.02. The molecule has 100 valence electrons. The SMILES string of the molecule is NN1C(=N[C@H]2CC[C@@H]3OCCO[C@H]23)NC=CC1Cl. The van der Waals surface area contributed by atoms with Crippen LogP contribution in [0.25, 0.3) is 0 Å². The Morgan fingerprint density at radius 1 is 1.39 bits per heavy atom. The van der Waals surface area contributed by atoms with Crippen molar-refractivity contribution in [1.82, 2.24) is 10.3 Å². The number of aliphatic imine (C=N–C) groups is 1. The quantitative estimate of drug-likeness (QED) is 0.404. The highest BCUT2D eigenvalue weighted by Gasteiger charge is 2.40. The van der Waals surface area contributed by atoms with Gasteiger partial charge in [-0.3, -0.25) is 5.01 Å². The Morgan fingerprint density at radius 3 is 3.11 bits per heavy atom. The van der Waals surface area contributed by atoms with Gasteiger partial charge in [0.25, 0.3) is 0 Å². The highest BCUT2D eigenvalue weighted by molar-refractivity contribution is 6.22. The molecule has 0 aromatic carbocycles. The molecule has 0 aromatic rings. The molecule has 3 rings (SSSR count). The number of fused-ring (bicyclic) bond motifs is 1. The number of hydrazine groups is 1. The summed E-state index contributed by atoms with van der Waals surface area (Å²) in [5, 5.41) is 4.43. The highest BCUT2D eigenvalue weighted by Crippen LogP contribution is 2.30. The van der Waals surface area contributed by atoms with Crippen LogP contribution in [0, 0.1) is 0 Å². The van der Waals surface area contributed by atoms with Gasteiger partial charge in [-0.25, -0.2) is 10.8 Å². The number of rotatable bonds is 1. The molecule has 0 amide bonds. The summed E-state index contributed by atoms with van der Waals surface area (Å²) in [7, 11) is 0. The van der Waals surface area contributed by atoms with Gasteiger partial charge in [-0.1, -0.05) is 11.6 Å². The van der Waals surface area contributed by atoms with E-state index in [1.54, 1.807) is 12.3 Å². The molecule has 2 fully saturated rings. The number of hydrogen-bond donors (Lipinski definition) is 2. The number of nitrogens with two attached hydrogens (primary N) is 1. The van der Waals surface area contributed by atoms with Gasteiger partial charge < -0.3 is 14.8 Å². The van der Waals surface area contributed by atoms with Crippen LogP contribution in [0.5, 0.6) is 0 Å². The lowest BCUT2D eigenvalue weighted by molar-refractivity contribution is -0.128. The van der Waals surface area contributed by atoms with E-state index in [9.17, 15) is 0 Å². The van der Waals surface area contributed by atoms with Gasteiger partial charge in [-0.15, -0.1) is 0 Å². The zero-order chi connectivity index (χ0) is 12.5. The zero-order valence-corrected chi connectivity index (χ0v) is 10.7. The van der Waals surface area contributed by atoms with E-state index in [1.165, 1.54) is 5.01 Å². The average Bonchev–Trinajstić information content (AvgIpc) is 2.79. The first kappa shape index (κ1) is 12.2. The van der Waals surface area contributed by atoms with Gasteiger partial charge in [0.2, 0.25) is 5.96 Å². The minimum Gasteiger partial charge on any atom is -0.373 e. The van der Waals surface area contributed by atoms with E-state index in [0.29, 0.717) is 19.2 Å². The first-order chi connectivity index (χ1) is 8.75. The van der Waals surface area contributed by atoms with Gasteiger partial charge in [0.05, 0.1) is 25.4 Å². The summed E-state index contributed by atoms with van der Waals surface area (Å²) in [5.74, 6) is 6.43. The summed E-state index contributed by atoms with van der Waals surface area (Å²) in [6.07, 6.45) is 5.66. The molecule has 2 heterocycles. The standard InChI is InChI=1S/C11H17ClN4O2/c12-9-3-4-14-11(16(9)13)15-7-1-2-8-10(7)18-6-5-17-8/h3-4,7-10H,1-2,5-6,13H2,(H,14,15)/t7-,8-,9?,10+/m0/s1. The van der Waals surface area contributed by atoms with Gasteiger partial charge in [0.15, 0.2) is 0 Å². The van der Waals surface area contributed by atoms with E-state index in [1.807, 2.05) is 0 Å². The molecule has 7 heteroatoms. The number of ether oxygens (including phenoxy) is 2. The first-order valence-electron chi connectivity index (χ1n) is 6.18. The van der Waals surface area contributed by atoms with Gasteiger partial charge in [-0.05, 0) is 18.9 Å². The van der Waals surface area contributed by atoms with E-state index in [2.05, 4.69) is 10.3 Å². The Bertz CT molecular complexity index is 376. The van der Waals surface area contributed by atoms with Crippen molar-refractivity contribution in [2.45, 2.75) is 36.6 Å². The fourth-order valence-electron chi connectivity index (χ4n) is 2.58. The van der Waals surface area contributed by atoms with Crippen molar-refractivity contribution in [2.75, 3.05) is 13.2 Å². The average molecular weight is 273 g/mol. The van der Waals surface area contributed by atoms with Gasteiger partial charge in [0, 0.05) is 6.20 Å². The molecule has 0 radical (unpaired) electrons. The molecule has 6 nitrogen and oxygen atoms in total. The Hall–Kier alpha value is -0.820. The van der Waals surface area contributed by atoms with Crippen LogP contribution in [0.4, 0.5) is 0 Å². The van der Waals surface area contributed by atoms with Crippen LogP contribution < -0.4 is 11.2 Å². The molecular formula is C11H17ClN4O2. The highest BCUT2D eigenvalue weighted by atomic mass is 35.5. The molecule has 3 aliphatic rings. The van der Waals surface area contributed by atoms with Gasteiger partial charge in [-0.2, -0.15) is 0 Å². The normalized spacial score (nSPS) is 41.9. The molecule has 4 atom stereocenters. The van der Waals surface area contributed by atoms with Crippen molar-refractivity contribution in [3.8, 4) is 0 Å². The van der Waals surface area contributed by atoms with E-state index in [0.717, 1.165) is 12.8 Å². The predicted molar refractivity (Wildman–Crippen MR) is 67.9 cm³/mol. The van der Waals surface area contributed by atoms with Crippen molar-refractivity contribution in [3.63, 3.8) is 0 Å². The molecule has 0 bridgehead atoms. The smallest absolute Gasteiger partial charge is 0.214 e. The Labute approximate surface area is 111 Å². The molecule has 3 N–H and O–H groups in total. The van der Waals surface area contributed by atoms with Crippen LogP contribution in [0.1, 0.15) is 12.8 Å². The maximum absolute atomic E-state index is 6.02. The molecule has 1 unspecified atom stereocenters. The van der Waals surface area contributed by atoms with Crippen LogP contribution in [-0.4, -0.2) is 47.9 Å². The molecular weight excluding hydrogens is 256 g/mol. The third-order valence-electron chi connectivity index (χ3n) is 3.48. The lowest BCUT2D eigenvalue weighted by Gasteiger charge is -2.31. The Balaban J connectivity index is 1.73. The Morgan fingerprint density at radius 2 is 2.22 bits per heavy atom. The fraction of sp³-hybridized carbons (Fsp3) is 0.727. The van der Waals surface area contributed by atoms with Crippen LogP contribution in [-0.2, 0) is 9.47 Å². The third-order valence-corrected chi connectivity index (χ3v) is 3.84. The molecule has 0 spiro atoms. The maximum Gasteiger partial charge on any atom is 0.214 e. The molecule has 1 saturated heterocycles. The lowest BCUT2D eigenvalue weighted by Crippen LogP contribution is -2.51. The van der Waals surface area contributed by atoms with Crippen molar-refractivity contribution in [2.24, 2.45) is 10.8 Å². The van der Waals surface area contributed by atoms with Crippen LogP contribution in [0.15, 0.2) is 17.3 Å². The Kier molecular flexibility index (Phi) is 3.43. The van der Waals surface area contributed by atoms with Crippen molar-refractivity contribution in [1.29, 1.82) is 0 Å². The van der Waals surface area contributed by atoms with Gasteiger partial charge in [0.1, 0.15) is 11.6 Å². The second-order valence-electron chi connectivity index (χ2n) is 4.63. The minimum absolute atomic E-state index is 0.0427. The minimum atomic E-state index is -0.370. The number of nitrogens with one attached hydrogen (secondary N) is 1. The van der Waals surface area contributed by atoms with Gasteiger partial charge >= 0.3 is 0 Å². The number of hydrogen-bond acceptors (Lipinski definition) is 4. The largest absolute Gasteiger partial charge is 0.373 e. The summed E-state index contributed by atoms with van der Waals surface area (Å²) < 4.78 is 11.4. The predicted octanol–water partition coefficient (Wildman–Crippen LogP) is 0.146. The fourth-order valence-corrected chi connectivity index (χ4v) is 2.74. The lowest BCUT2D eigenvalue weighted by atomic mass is 10.2. The summed E-state index contributed by atoms with van der Waals surface area (Å²) in [4.78, 5) is 4.62. The first-order valence-corrected chi connectivity index (χ1v) is 6.61. The van der Waals surface area contributed by atoms with E-state index in [-0.39, 0.29) is 23.8 Å². The van der Waals surface area contributed by atoms with Crippen molar-refractivity contribution >= 4 is 17.6 Å². The van der Waals surface area contributed by atoms with Crippen LogP contribution >= 0.6 is 11.6 Å². The van der Waals surface area contributed by atoms with Crippen molar-refractivity contribution < 1.29 is 9.47 Å². The second kappa shape index (κ2) is 5.05. The molecule has 2 aliphatic heterocycles. The summed E-state index contributed by atoms with van der Waals surface area (Å²) in [6, 6.07) is 0.0826. The molecule has 1 saturated carbocycles. The molecule has 0 aromatic heterocycles. The number of nitrogens with zero attached hydrogens (tertiary/aromatic N) is 2. The summed E-state index contributed by atoms with van der Waals surface area (Å²) in [6.45, 7) is 1.32. The number of guanidine groups is 1. The molecule has 1 aliphatic carbocycles. The van der Waals surface area contributed by atoms with Crippen LogP contribution in [0.3, 0.4) is 0 Å².